The molecule has 1 aromatic carbocycles. The van der Waals surface area contributed by atoms with Crippen LogP contribution in [0.3, 0.4) is 0 Å². The lowest BCUT2D eigenvalue weighted by molar-refractivity contribution is 0.0950. The summed E-state index contributed by atoms with van der Waals surface area (Å²) in [6.45, 7) is 0.260. The molecule has 0 fully saturated rings. The summed E-state index contributed by atoms with van der Waals surface area (Å²) in [4.78, 5) is 12.2. The summed E-state index contributed by atoms with van der Waals surface area (Å²) in [6, 6.07) is 10.5. The van der Waals surface area contributed by atoms with Gasteiger partial charge in [0.15, 0.2) is 5.76 Å². The molecular formula is C15H10N4O3S. The standard InChI is InChI=1S/C15H10N4O3S/c20-15(9-3-4-11-12(6-9)19-23-18-11)16-8-10-7-14(22-17-10)13-2-1-5-21-13/h1-7H,8H2,(H,16,20). The van der Waals surface area contributed by atoms with Crippen molar-refractivity contribution in [2.45, 2.75) is 6.54 Å². The predicted molar refractivity (Wildman–Crippen MR) is 82.8 cm³/mol. The summed E-state index contributed by atoms with van der Waals surface area (Å²) in [5.74, 6) is 0.910. The third-order valence-corrected chi connectivity index (χ3v) is 3.83. The second kappa shape index (κ2) is 5.65. The zero-order chi connectivity index (χ0) is 15.6. The molecule has 114 valence electrons. The van der Waals surface area contributed by atoms with Gasteiger partial charge in [-0.1, -0.05) is 5.16 Å². The minimum atomic E-state index is -0.206. The molecule has 3 heterocycles. The van der Waals surface area contributed by atoms with E-state index in [1.165, 1.54) is 0 Å². The Labute approximate surface area is 134 Å². The zero-order valence-electron chi connectivity index (χ0n) is 11.7. The van der Waals surface area contributed by atoms with E-state index in [4.69, 9.17) is 8.94 Å². The van der Waals surface area contributed by atoms with Gasteiger partial charge >= 0.3 is 0 Å². The Morgan fingerprint density at radius 2 is 2.04 bits per heavy atom. The number of rotatable bonds is 4. The van der Waals surface area contributed by atoms with Gasteiger partial charge in [0.1, 0.15) is 16.7 Å². The van der Waals surface area contributed by atoms with Crippen LogP contribution in [-0.4, -0.2) is 19.8 Å². The first-order valence-electron chi connectivity index (χ1n) is 6.79. The van der Waals surface area contributed by atoms with Crippen molar-refractivity contribution in [2.75, 3.05) is 0 Å². The molecule has 0 saturated heterocycles. The third-order valence-electron chi connectivity index (χ3n) is 3.27. The molecule has 8 heteroatoms. The fraction of sp³-hybridized carbons (Fsp3) is 0.0667. The Morgan fingerprint density at radius 1 is 1.13 bits per heavy atom. The van der Waals surface area contributed by atoms with Crippen LogP contribution in [-0.2, 0) is 6.54 Å². The quantitative estimate of drug-likeness (QED) is 0.620. The Hall–Kier alpha value is -3.00. The van der Waals surface area contributed by atoms with Gasteiger partial charge in [-0.15, -0.1) is 0 Å². The van der Waals surface area contributed by atoms with Gasteiger partial charge in [-0.3, -0.25) is 4.79 Å². The molecule has 0 radical (unpaired) electrons. The number of carbonyl (C=O) groups excluding carboxylic acids is 1. The Bertz CT molecular complexity index is 958. The first-order valence-corrected chi connectivity index (χ1v) is 7.52. The van der Waals surface area contributed by atoms with Crippen molar-refractivity contribution >= 4 is 28.7 Å². The first kappa shape index (κ1) is 13.6. The number of nitrogens with one attached hydrogen (secondary N) is 1. The molecule has 0 aliphatic heterocycles. The molecule has 1 N–H and O–H groups in total. The number of amides is 1. The second-order valence-corrected chi connectivity index (χ2v) is 5.34. The van der Waals surface area contributed by atoms with E-state index in [0.717, 1.165) is 17.2 Å². The molecule has 1 amide bonds. The number of benzene rings is 1. The highest BCUT2D eigenvalue weighted by Gasteiger charge is 2.12. The van der Waals surface area contributed by atoms with Crippen LogP contribution in [0, 0.1) is 0 Å². The molecule has 0 aliphatic carbocycles. The van der Waals surface area contributed by atoms with Crippen molar-refractivity contribution < 1.29 is 13.7 Å². The average molecular weight is 326 g/mol. The van der Waals surface area contributed by atoms with Crippen LogP contribution in [0.25, 0.3) is 22.6 Å². The normalized spacial score (nSPS) is 11.0. The Morgan fingerprint density at radius 3 is 2.91 bits per heavy atom. The summed E-state index contributed by atoms with van der Waals surface area (Å²) in [5, 5.41) is 6.70. The lowest BCUT2D eigenvalue weighted by Crippen LogP contribution is -2.22. The van der Waals surface area contributed by atoms with Crippen LogP contribution in [0.2, 0.25) is 0 Å². The predicted octanol–water partition coefficient (Wildman–Crippen LogP) is 2.87. The molecule has 0 unspecified atom stereocenters. The second-order valence-electron chi connectivity index (χ2n) is 4.81. The molecule has 4 aromatic rings. The van der Waals surface area contributed by atoms with Crippen molar-refractivity contribution in [3.63, 3.8) is 0 Å². The van der Waals surface area contributed by atoms with Gasteiger partial charge in [0, 0.05) is 11.6 Å². The van der Waals surface area contributed by atoms with Crippen LogP contribution < -0.4 is 5.32 Å². The van der Waals surface area contributed by atoms with Crippen LogP contribution in [0.15, 0.2) is 51.6 Å². The van der Waals surface area contributed by atoms with E-state index in [9.17, 15) is 4.79 Å². The summed E-state index contributed by atoms with van der Waals surface area (Å²) >= 11 is 1.12. The van der Waals surface area contributed by atoms with Gasteiger partial charge in [-0.25, -0.2) is 0 Å². The van der Waals surface area contributed by atoms with Crippen molar-refractivity contribution in [1.82, 2.24) is 19.2 Å². The van der Waals surface area contributed by atoms with Crippen LogP contribution in [0.4, 0.5) is 0 Å². The number of aromatic nitrogens is 3. The topological polar surface area (TPSA) is 94.1 Å². The summed E-state index contributed by atoms with van der Waals surface area (Å²) in [7, 11) is 0. The molecule has 7 nitrogen and oxygen atoms in total. The molecular weight excluding hydrogens is 316 g/mol. The van der Waals surface area contributed by atoms with Crippen molar-refractivity contribution in [3.8, 4) is 11.5 Å². The highest BCUT2D eigenvalue weighted by molar-refractivity contribution is 7.00. The number of furan rings is 1. The summed E-state index contributed by atoms with van der Waals surface area (Å²) in [6.07, 6.45) is 1.56. The maximum atomic E-state index is 12.2. The molecule has 0 saturated carbocycles. The number of fused-ring (bicyclic) bond motifs is 1. The Kier molecular flexibility index (Phi) is 3.35. The highest BCUT2D eigenvalue weighted by atomic mass is 32.1. The minimum absolute atomic E-state index is 0.206. The fourth-order valence-corrected chi connectivity index (χ4v) is 2.64. The SMILES string of the molecule is O=C(NCc1cc(-c2ccco2)on1)c1ccc2nsnc2c1. The number of hydrogen-bond donors (Lipinski definition) is 1. The third kappa shape index (κ3) is 2.71. The van der Waals surface area contributed by atoms with E-state index >= 15 is 0 Å². The first-order chi connectivity index (χ1) is 11.3. The van der Waals surface area contributed by atoms with E-state index in [1.807, 2.05) is 0 Å². The van der Waals surface area contributed by atoms with E-state index in [1.54, 1.807) is 42.7 Å². The van der Waals surface area contributed by atoms with Crippen LogP contribution in [0.1, 0.15) is 16.1 Å². The van der Waals surface area contributed by atoms with E-state index in [-0.39, 0.29) is 12.5 Å². The Balaban J connectivity index is 1.45. The molecule has 0 spiro atoms. The van der Waals surface area contributed by atoms with Crippen molar-refractivity contribution in [3.05, 3.63) is 53.9 Å². The number of carbonyl (C=O) groups is 1. The minimum Gasteiger partial charge on any atom is -0.461 e. The van der Waals surface area contributed by atoms with Gasteiger partial charge in [0.2, 0.25) is 5.76 Å². The molecule has 3 aromatic heterocycles. The largest absolute Gasteiger partial charge is 0.461 e. The van der Waals surface area contributed by atoms with Crippen molar-refractivity contribution in [2.24, 2.45) is 0 Å². The lowest BCUT2D eigenvalue weighted by atomic mass is 10.2. The monoisotopic (exact) mass is 326 g/mol. The molecule has 0 atom stereocenters. The molecule has 0 aliphatic rings. The molecule has 23 heavy (non-hydrogen) atoms. The maximum absolute atomic E-state index is 12.2. The van der Waals surface area contributed by atoms with Crippen LogP contribution in [0.5, 0.6) is 0 Å². The molecule has 0 bridgehead atoms. The van der Waals surface area contributed by atoms with Gasteiger partial charge in [0.05, 0.1) is 24.5 Å². The fourth-order valence-electron chi connectivity index (χ4n) is 2.13. The van der Waals surface area contributed by atoms with E-state index in [2.05, 4.69) is 19.2 Å². The molecule has 4 rings (SSSR count). The summed E-state index contributed by atoms with van der Waals surface area (Å²) < 4.78 is 18.6. The van der Waals surface area contributed by atoms with E-state index in [0.29, 0.717) is 28.3 Å². The van der Waals surface area contributed by atoms with Gasteiger partial charge < -0.3 is 14.3 Å². The van der Waals surface area contributed by atoms with Crippen LogP contribution >= 0.6 is 11.7 Å². The van der Waals surface area contributed by atoms with Gasteiger partial charge in [-0.05, 0) is 30.3 Å². The number of nitrogens with zero attached hydrogens (tertiary/aromatic N) is 3. The highest BCUT2D eigenvalue weighted by Crippen LogP contribution is 2.20. The van der Waals surface area contributed by atoms with Crippen molar-refractivity contribution in [1.29, 1.82) is 0 Å². The average Bonchev–Trinajstić information content (AvgIpc) is 3.32. The summed E-state index contributed by atoms with van der Waals surface area (Å²) in [5.41, 5.74) is 2.64. The van der Waals surface area contributed by atoms with E-state index < -0.39 is 0 Å². The zero-order valence-corrected chi connectivity index (χ0v) is 12.5. The van der Waals surface area contributed by atoms with Gasteiger partial charge in [-0.2, -0.15) is 8.75 Å². The number of hydrogen-bond acceptors (Lipinski definition) is 7. The maximum Gasteiger partial charge on any atom is 0.251 e. The lowest BCUT2D eigenvalue weighted by Gasteiger charge is -2.02. The van der Waals surface area contributed by atoms with Gasteiger partial charge in [0.25, 0.3) is 5.91 Å². The smallest absolute Gasteiger partial charge is 0.251 e.